The Bertz CT molecular complexity index is 597. The average Bonchev–Trinajstić information content (AvgIpc) is 3.25. The van der Waals surface area contributed by atoms with Crippen LogP contribution in [0, 0.1) is 5.92 Å². The third-order valence-electron chi connectivity index (χ3n) is 4.56. The minimum atomic E-state index is -0.0148. The summed E-state index contributed by atoms with van der Waals surface area (Å²) in [6.45, 7) is 2.16. The summed E-state index contributed by atoms with van der Waals surface area (Å²) < 4.78 is 0. The summed E-state index contributed by atoms with van der Waals surface area (Å²) in [4.78, 5) is 13.7. The standard InChI is InChI=1S/C19H23NOS/c1-2-14-9-11-15(12-10-14)18(17-8-5-13-22-17)20-19(21)16-6-3-4-7-16/h5,8-13,16,18H,2-4,6-7H2,1H3,(H,20,21). The van der Waals surface area contributed by atoms with E-state index in [4.69, 9.17) is 0 Å². The molecule has 1 aromatic heterocycles. The van der Waals surface area contributed by atoms with Gasteiger partial charge in [-0.3, -0.25) is 4.79 Å². The average molecular weight is 313 g/mol. The van der Waals surface area contributed by atoms with Crippen LogP contribution in [0.15, 0.2) is 41.8 Å². The summed E-state index contributed by atoms with van der Waals surface area (Å²) in [7, 11) is 0. The van der Waals surface area contributed by atoms with Gasteiger partial charge in [0.1, 0.15) is 0 Å². The third kappa shape index (κ3) is 3.41. The number of carbonyl (C=O) groups excluding carboxylic acids is 1. The Morgan fingerprint density at radius 2 is 1.95 bits per heavy atom. The van der Waals surface area contributed by atoms with Crippen molar-refractivity contribution < 1.29 is 4.79 Å². The number of aryl methyl sites for hydroxylation is 1. The molecule has 1 aliphatic rings. The molecule has 1 atom stereocenters. The molecule has 1 aliphatic carbocycles. The topological polar surface area (TPSA) is 29.1 Å². The van der Waals surface area contributed by atoms with Crippen LogP contribution in [-0.2, 0) is 11.2 Å². The molecule has 1 amide bonds. The number of benzene rings is 1. The highest BCUT2D eigenvalue weighted by atomic mass is 32.1. The molecule has 1 unspecified atom stereocenters. The smallest absolute Gasteiger partial charge is 0.223 e. The van der Waals surface area contributed by atoms with Crippen LogP contribution < -0.4 is 5.32 Å². The second kappa shape index (κ2) is 7.10. The molecule has 116 valence electrons. The van der Waals surface area contributed by atoms with Gasteiger partial charge in [-0.1, -0.05) is 50.1 Å². The van der Waals surface area contributed by atoms with E-state index in [9.17, 15) is 4.79 Å². The van der Waals surface area contributed by atoms with Gasteiger partial charge in [0.05, 0.1) is 6.04 Å². The molecule has 1 heterocycles. The van der Waals surface area contributed by atoms with E-state index in [1.54, 1.807) is 11.3 Å². The van der Waals surface area contributed by atoms with Crippen molar-refractivity contribution in [1.29, 1.82) is 0 Å². The largest absolute Gasteiger partial charge is 0.344 e. The highest BCUT2D eigenvalue weighted by Gasteiger charge is 2.26. The van der Waals surface area contributed by atoms with E-state index < -0.39 is 0 Å². The fraction of sp³-hybridized carbons (Fsp3) is 0.421. The molecule has 2 aromatic rings. The van der Waals surface area contributed by atoms with Gasteiger partial charge in [-0.2, -0.15) is 0 Å². The zero-order chi connectivity index (χ0) is 15.4. The van der Waals surface area contributed by atoms with Gasteiger partial charge < -0.3 is 5.32 Å². The Kier molecular flexibility index (Phi) is 4.94. The van der Waals surface area contributed by atoms with Crippen LogP contribution in [0.3, 0.4) is 0 Å². The van der Waals surface area contributed by atoms with Crippen LogP contribution in [0.1, 0.15) is 54.7 Å². The van der Waals surface area contributed by atoms with Gasteiger partial charge in [0, 0.05) is 10.8 Å². The number of carbonyl (C=O) groups is 1. The molecule has 1 fully saturated rings. The van der Waals surface area contributed by atoms with E-state index in [2.05, 4.69) is 54.0 Å². The first-order chi connectivity index (χ1) is 10.8. The van der Waals surface area contributed by atoms with Crippen LogP contribution in [-0.4, -0.2) is 5.91 Å². The van der Waals surface area contributed by atoms with Gasteiger partial charge in [0.2, 0.25) is 5.91 Å². The van der Waals surface area contributed by atoms with E-state index in [-0.39, 0.29) is 17.9 Å². The highest BCUT2D eigenvalue weighted by Crippen LogP contribution is 2.29. The Labute approximate surface area is 136 Å². The first-order valence-electron chi connectivity index (χ1n) is 8.20. The molecule has 0 bridgehead atoms. The van der Waals surface area contributed by atoms with Crippen LogP contribution in [0.25, 0.3) is 0 Å². The molecule has 0 spiro atoms. The summed E-state index contributed by atoms with van der Waals surface area (Å²) in [5.74, 6) is 0.424. The van der Waals surface area contributed by atoms with Gasteiger partial charge in [-0.05, 0) is 41.8 Å². The van der Waals surface area contributed by atoms with Crippen LogP contribution in [0.5, 0.6) is 0 Å². The van der Waals surface area contributed by atoms with Crippen molar-refractivity contribution in [2.24, 2.45) is 5.92 Å². The van der Waals surface area contributed by atoms with Crippen molar-refractivity contribution in [2.45, 2.75) is 45.1 Å². The lowest BCUT2D eigenvalue weighted by Crippen LogP contribution is -2.33. The van der Waals surface area contributed by atoms with E-state index >= 15 is 0 Å². The third-order valence-corrected chi connectivity index (χ3v) is 5.50. The second-order valence-corrected chi connectivity index (χ2v) is 7.01. The number of amides is 1. The Balaban J connectivity index is 1.81. The maximum absolute atomic E-state index is 12.5. The van der Waals surface area contributed by atoms with Crippen molar-refractivity contribution in [3.05, 3.63) is 57.8 Å². The monoisotopic (exact) mass is 313 g/mol. The van der Waals surface area contributed by atoms with Gasteiger partial charge in [0.25, 0.3) is 0 Å². The molecule has 1 aromatic carbocycles. The summed E-state index contributed by atoms with van der Waals surface area (Å²) in [6, 6.07) is 12.8. The quantitative estimate of drug-likeness (QED) is 0.851. The molecular formula is C19H23NOS. The van der Waals surface area contributed by atoms with Crippen molar-refractivity contribution in [2.75, 3.05) is 0 Å². The number of nitrogens with one attached hydrogen (secondary N) is 1. The number of hydrogen-bond donors (Lipinski definition) is 1. The van der Waals surface area contributed by atoms with E-state index in [1.807, 2.05) is 0 Å². The first kappa shape index (κ1) is 15.3. The SMILES string of the molecule is CCc1ccc(C(NC(=O)C2CCCC2)c2cccs2)cc1. The maximum Gasteiger partial charge on any atom is 0.223 e. The first-order valence-corrected chi connectivity index (χ1v) is 9.08. The molecule has 1 saturated carbocycles. The zero-order valence-electron chi connectivity index (χ0n) is 13.0. The number of hydrogen-bond acceptors (Lipinski definition) is 2. The minimum Gasteiger partial charge on any atom is -0.344 e. The molecule has 22 heavy (non-hydrogen) atoms. The summed E-state index contributed by atoms with van der Waals surface area (Å²) in [5, 5.41) is 5.36. The second-order valence-electron chi connectivity index (χ2n) is 6.03. The van der Waals surface area contributed by atoms with Crippen LogP contribution in [0.4, 0.5) is 0 Å². The van der Waals surface area contributed by atoms with Crippen LogP contribution >= 0.6 is 11.3 Å². The molecular weight excluding hydrogens is 290 g/mol. The molecule has 3 rings (SSSR count). The van der Waals surface area contributed by atoms with Gasteiger partial charge in [-0.25, -0.2) is 0 Å². The van der Waals surface area contributed by atoms with Gasteiger partial charge in [-0.15, -0.1) is 11.3 Å². The fourth-order valence-electron chi connectivity index (χ4n) is 3.17. The lowest BCUT2D eigenvalue weighted by molar-refractivity contribution is -0.125. The molecule has 3 heteroatoms. The molecule has 0 radical (unpaired) electrons. The maximum atomic E-state index is 12.5. The van der Waals surface area contributed by atoms with E-state index in [0.29, 0.717) is 0 Å². The molecule has 1 N–H and O–H groups in total. The Hall–Kier alpha value is -1.61. The summed E-state index contributed by atoms with van der Waals surface area (Å²) >= 11 is 1.71. The number of rotatable bonds is 5. The molecule has 2 nitrogen and oxygen atoms in total. The zero-order valence-corrected chi connectivity index (χ0v) is 13.9. The fourth-order valence-corrected chi connectivity index (χ4v) is 3.97. The Morgan fingerprint density at radius 1 is 1.23 bits per heavy atom. The summed E-state index contributed by atoms with van der Waals surface area (Å²) in [6.07, 6.45) is 5.49. The number of thiophene rings is 1. The van der Waals surface area contributed by atoms with Crippen molar-refractivity contribution in [1.82, 2.24) is 5.32 Å². The van der Waals surface area contributed by atoms with E-state index in [1.165, 1.54) is 28.8 Å². The summed E-state index contributed by atoms with van der Waals surface area (Å²) in [5.41, 5.74) is 2.50. The predicted octanol–water partition coefficient (Wildman–Crippen LogP) is 4.71. The minimum absolute atomic E-state index is 0.0148. The van der Waals surface area contributed by atoms with Crippen molar-refractivity contribution >= 4 is 17.2 Å². The lowest BCUT2D eigenvalue weighted by atomic mass is 10.0. The normalized spacial score (nSPS) is 16.6. The van der Waals surface area contributed by atoms with Crippen molar-refractivity contribution in [3.8, 4) is 0 Å². The highest BCUT2D eigenvalue weighted by molar-refractivity contribution is 7.10. The van der Waals surface area contributed by atoms with Crippen LogP contribution in [0.2, 0.25) is 0 Å². The Morgan fingerprint density at radius 3 is 2.55 bits per heavy atom. The molecule has 0 aliphatic heterocycles. The van der Waals surface area contributed by atoms with Gasteiger partial charge >= 0.3 is 0 Å². The lowest BCUT2D eigenvalue weighted by Gasteiger charge is -2.20. The van der Waals surface area contributed by atoms with Gasteiger partial charge in [0.15, 0.2) is 0 Å². The molecule has 0 saturated heterocycles. The predicted molar refractivity (Wildman–Crippen MR) is 92.1 cm³/mol. The van der Waals surface area contributed by atoms with E-state index in [0.717, 1.165) is 19.3 Å². The van der Waals surface area contributed by atoms with Crippen molar-refractivity contribution in [3.63, 3.8) is 0 Å².